The molecule has 1 rings (SSSR count). The minimum absolute atomic E-state index is 0.0315. The molecule has 140 valence electrons. The first kappa shape index (κ1) is 20.9. The fraction of sp³-hybridized carbons (Fsp3) is 0.500. The van der Waals surface area contributed by atoms with E-state index in [2.05, 4.69) is 10.6 Å². The Bertz CT molecular complexity index is 714. The summed E-state index contributed by atoms with van der Waals surface area (Å²) in [6, 6.07) is 4.18. The highest BCUT2D eigenvalue weighted by Gasteiger charge is 2.24. The van der Waals surface area contributed by atoms with Gasteiger partial charge in [0.2, 0.25) is 15.9 Å². The molecule has 1 aromatic carbocycles. The van der Waals surface area contributed by atoms with E-state index in [0.717, 1.165) is 0 Å². The number of ether oxygens (including phenoxy) is 1. The van der Waals surface area contributed by atoms with Crippen LogP contribution in [0.4, 0.5) is 0 Å². The lowest BCUT2D eigenvalue weighted by molar-refractivity contribution is -0.118. The molecule has 0 aliphatic rings. The van der Waals surface area contributed by atoms with Gasteiger partial charge in [0, 0.05) is 33.1 Å². The van der Waals surface area contributed by atoms with Gasteiger partial charge in [-0.2, -0.15) is 4.31 Å². The van der Waals surface area contributed by atoms with Gasteiger partial charge in [0.15, 0.2) is 0 Å². The van der Waals surface area contributed by atoms with E-state index >= 15 is 0 Å². The van der Waals surface area contributed by atoms with Crippen LogP contribution >= 0.6 is 0 Å². The summed E-state index contributed by atoms with van der Waals surface area (Å²) in [5, 5.41) is 5.18. The minimum Gasteiger partial charge on any atom is -0.496 e. The number of rotatable bonds is 9. The van der Waals surface area contributed by atoms with Gasteiger partial charge < -0.3 is 15.4 Å². The highest BCUT2D eigenvalue weighted by Crippen LogP contribution is 2.24. The zero-order valence-electron chi connectivity index (χ0n) is 15.0. The maximum atomic E-state index is 12.6. The first-order valence-electron chi connectivity index (χ1n) is 7.98. The van der Waals surface area contributed by atoms with Crippen molar-refractivity contribution in [2.24, 2.45) is 0 Å². The molecule has 2 N–H and O–H groups in total. The van der Waals surface area contributed by atoms with Gasteiger partial charge in [0.05, 0.1) is 17.6 Å². The summed E-state index contributed by atoms with van der Waals surface area (Å²) in [6.07, 6.45) is 0. The van der Waals surface area contributed by atoms with Crippen LogP contribution in [0.3, 0.4) is 0 Å². The third kappa shape index (κ3) is 5.43. The average Bonchev–Trinajstić information content (AvgIpc) is 2.58. The van der Waals surface area contributed by atoms with Crippen LogP contribution in [-0.2, 0) is 14.8 Å². The number of sulfonamides is 1. The quantitative estimate of drug-likeness (QED) is 0.618. The Morgan fingerprint density at radius 1 is 1.12 bits per heavy atom. The van der Waals surface area contributed by atoms with Crippen LogP contribution in [0.1, 0.15) is 31.1 Å². The van der Waals surface area contributed by atoms with Crippen molar-refractivity contribution in [3.63, 3.8) is 0 Å². The molecular formula is C16H25N3O5S. The monoisotopic (exact) mass is 371 g/mol. The van der Waals surface area contributed by atoms with Crippen molar-refractivity contribution in [3.8, 4) is 5.75 Å². The number of hydrogen-bond donors (Lipinski definition) is 2. The van der Waals surface area contributed by atoms with Crippen molar-refractivity contribution >= 4 is 21.8 Å². The highest BCUT2D eigenvalue weighted by atomic mass is 32.2. The molecule has 9 heteroatoms. The zero-order valence-corrected chi connectivity index (χ0v) is 15.8. The van der Waals surface area contributed by atoms with Gasteiger partial charge in [-0.15, -0.1) is 0 Å². The van der Waals surface area contributed by atoms with E-state index in [9.17, 15) is 18.0 Å². The van der Waals surface area contributed by atoms with E-state index in [1.54, 1.807) is 13.8 Å². The molecule has 0 heterocycles. The molecule has 0 aromatic heterocycles. The predicted molar refractivity (Wildman–Crippen MR) is 94.1 cm³/mol. The van der Waals surface area contributed by atoms with Crippen molar-refractivity contribution in [3.05, 3.63) is 23.8 Å². The van der Waals surface area contributed by atoms with Crippen LogP contribution < -0.4 is 15.4 Å². The smallest absolute Gasteiger partial charge is 0.255 e. The van der Waals surface area contributed by atoms with Crippen LogP contribution in [0.2, 0.25) is 0 Å². The van der Waals surface area contributed by atoms with Gasteiger partial charge >= 0.3 is 0 Å². The van der Waals surface area contributed by atoms with Gasteiger partial charge in [0.25, 0.3) is 5.91 Å². The zero-order chi connectivity index (χ0) is 19.0. The van der Waals surface area contributed by atoms with Crippen molar-refractivity contribution in [1.82, 2.24) is 14.9 Å². The number of carbonyl (C=O) groups excluding carboxylic acids is 2. The molecular weight excluding hydrogens is 346 g/mol. The topological polar surface area (TPSA) is 105 Å². The second kappa shape index (κ2) is 9.38. The maximum absolute atomic E-state index is 12.6. The standard InChI is InChI=1S/C16H25N3O5S/c1-5-19(6-2)25(22,23)13-7-8-15(24-4)14(11-13)16(21)18-10-9-17-12(3)20/h7-8,11H,5-6,9-10H2,1-4H3,(H,17,20)(H,18,21). The summed E-state index contributed by atoms with van der Waals surface area (Å²) in [4.78, 5) is 23.2. The molecule has 0 unspecified atom stereocenters. The van der Waals surface area contributed by atoms with Crippen LogP contribution in [0.25, 0.3) is 0 Å². The molecule has 2 amide bonds. The Morgan fingerprint density at radius 2 is 1.72 bits per heavy atom. The summed E-state index contributed by atoms with van der Waals surface area (Å²) in [5.41, 5.74) is 0.124. The van der Waals surface area contributed by atoms with Crippen LogP contribution in [0.5, 0.6) is 5.75 Å². The maximum Gasteiger partial charge on any atom is 0.255 e. The first-order chi connectivity index (χ1) is 11.8. The Morgan fingerprint density at radius 3 is 2.24 bits per heavy atom. The Labute approximate surface area is 148 Å². The first-order valence-corrected chi connectivity index (χ1v) is 9.42. The summed E-state index contributed by atoms with van der Waals surface area (Å²) in [7, 11) is -2.27. The van der Waals surface area contributed by atoms with E-state index in [0.29, 0.717) is 13.1 Å². The molecule has 0 aliphatic heterocycles. The third-order valence-corrected chi connectivity index (χ3v) is 5.59. The molecule has 0 saturated carbocycles. The fourth-order valence-electron chi connectivity index (χ4n) is 2.25. The SMILES string of the molecule is CCN(CC)S(=O)(=O)c1ccc(OC)c(C(=O)NCCNC(C)=O)c1. The molecule has 0 radical (unpaired) electrons. The van der Waals surface area contributed by atoms with Crippen LogP contribution in [0, 0.1) is 0 Å². The summed E-state index contributed by atoms with van der Waals surface area (Å²) in [5.74, 6) is -0.395. The molecule has 8 nitrogen and oxygen atoms in total. The second-order valence-corrected chi connectivity index (χ2v) is 7.13. The number of carbonyl (C=O) groups is 2. The molecule has 0 aliphatic carbocycles. The van der Waals surface area contributed by atoms with Crippen molar-refractivity contribution in [1.29, 1.82) is 0 Å². The molecule has 0 spiro atoms. The van der Waals surface area contributed by atoms with E-state index in [1.807, 2.05) is 0 Å². The second-order valence-electron chi connectivity index (χ2n) is 5.19. The molecule has 0 bridgehead atoms. The lowest BCUT2D eigenvalue weighted by Crippen LogP contribution is -2.34. The number of nitrogens with zero attached hydrogens (tertiary/aromatic N) is 1. The van der Waals surface area contributed by atoms with Gasteiger partial charge in [-0.3, -0.25) is 9.59 Å². The highest BCUT2D eigenvalue weighted by molar-refractivity contribution is 7.89. The van der Waals surface area contributed by atoms with Crippen LogP contribution in [0.15, 0.2) is 23.1 Å². The molecule has 25 heavy (non-hydrogen) atoms. The Hall–Kier alpha value is -2.13. The van der Waals surface area contributed by atoms with Crippen LogP contribution in [-0.4, -0.2) is 57.8 Å². The molecule has 0 atom stereocenters. The summed E-state index contributed by atoms with van der Waals surface area (Å²) in [6.45, 7) is 6.05. The Balaban J connectivity index is 3.06. The van der Waals surface area contributed by atoms with E-state index < -0.39 is 15.9 Å². The number of benzene rings is 1. The van der Waals surface area contributed by atoms with E-state index in [1.165, 1.54) is 36.5 Å². The van der Waals surface area contributed by atoms with Gasteiger partial charge in [0.1, 0.15) is 5.75 Å². The van der Waals surface area contributed by atoms with Crippen molar-refractivity contribution in [2.75, 3.05) is 33.3 Å². The van der Waals surface area contributed by atoms with E-state index in [4.69, 9.17) is 4.74 Å². The minimum atomic E-state index is -3.68. The third-order valence-electron chi connectivity index (χ3n) is 3.54. The number of methoxy groups -OCH3 is 1. The normalized spacial score (nSPS) is 11.2. The van der Waals surface area contributed by atoms with Crippen molar-refractivity contribution < 1.29 is 22.7 Å². The molecule has 0 fully saturated rings. The van der Waals surface area contributed by atoms with Crippen molar-refractivity contribution in [2.45, 2.75) is 25.7 Å². The summed E-state index contributed by atoms with van der Waals surface area (Å²) < 4.78 is 31.7. The predicted octanol–water partition coefficient (Wildman–Crippen LogP) is 0.592. The lowest BCUT2D eigenvalue weighted by Gasteiger charge is -2.19. The van der Waals surface area contributed by atoms with Gasteiger partial charge in [-0.25, -0.2) is 8.42 Å². The molecule has 0 saturated heterocycles. The largest absolute Gasteiger partial charge is 0.496 e. The fourth-order valence-corrected chi connectivity index (χ4v) is 3.73. The number of hydrogen-bond acceptors (Lipinski definition) is 5. The lowest BCUT2D eigenvalue weighted by atomic mass is 10.2. The van der Waals surface area contributed by atoms with Gasteiger partial charge in [-0.05, 0) is 18.2 Å². The van der Waals surface area contributed by atoms with E-state index in [-0.39, 0.29) is 35.2 Å². The summed E-state index contributed by atoms with van der Waals surface area (Å²) >= 11 is 0. The number of nitrogens with one attached hydrogen (secondary N) is 2. The Kier molecular flexibility index (Phi) is 7.85. The average molecular weight is 371 g/mol. The molecule has 1 aromatic rings. The van der Waals surface area contributed by atoms with Gasteiger partial charge in [-0.1, -0.05) is 13.8 Å². The number of amides is 2.